The first-order valence-corrected chi connectivity index (χ1v) is 7.03. The number of carbonyl (C=O) groups is 1. The molecule has 0 aliphatic carbocycles. The lowest BCUT2D eigenvalue weighted by Crippen LogP contribution is -2.28. The van der Waals surface area contributed by atoms with E-state index in [1.165, 1.54) is 12.1 Å². The van der Waals surface area contributed by atoms with Crippen molar-refractivity contribution in [1.82, 2.24) is 5.32 Å². The van der Waals surface area contributed by atoms with Crippen LogP contribution in [0.2, 0.25) is 5.02 Å². The number of nitrogens with one attached hydrogen (secondary N) is 1. The molecule has 0 radical (unpaired) electrons. The maximum atomic E-state index is 12.6. The molecule has 0 aliphatic heterocycles. The minimum Gasteiger partial charge on any atom is -0.484 e. The first-order valence-electron chi connectivity index (χ1n) is 6.66. The Hall–Kier alpha value is -2.21. The molecule has 0 fully saturated rings. The molecule has 0 spiro atoms. The highest BCUT2D eigenvalue weighted by Crippen LogP contribution is 2.31. The second kappa shape index (κ2) is 7.37. The Morgan fingerprint density at radius 2 is 1.83 bits per heavy atom. The van der Waals surface area contributed by atoms with Crippen molar-refractivity contribution in [2.75, 3.05) is 6.61 Å². The van der Waals surface area contributed by atoms with E-state index in [9.17, 15) is 18.0 Å². The Morgan fingerprint density at radius 1 is 1.13 bits per heavy atom. The summed E-state index contributed by atoms with van der Waals surface area (Å²) in [5.74, 6) is -0.446. The van der Waals surface area contributed by atoms with E-state index in [0.717, 1.165) is 17.7 Å². The molecule has 23 heavy (non-hydrogen) atoms. The minimum absolute atomic E-state index is 0.0125. The van der Waals surface area contributed by atoms with E-state index in [1.807, 2.05) is 0 Å². The zero-order valence-corrected chi connectivity index (χ0v) is 12.6. The fraction of sp³-hybridized carbons (Fsp3) is 0.188. The molecule has 122 valence electrons. The summed E-state index contributed by atoms with van der Waals surface area (Å²) in [6.07, 6.45) is -4.45. The van der Waals surface area contributed by atoms with Gasteiger partial charge in [-0.05, 0) is 35.9 Å². The van der Waals surface area contributed by atoms with Gasteiger partial charge >= 0.3 is 6.18 Å². The lowest BCUT2D eigenvalue weighted by molar-refractivity contribution is -0.137. The average molecular weight is 344 g/mol. The second-order valence-corrected chi connectivity index (χ2v) is 5.15. The van der Waals surface area contributed by atoms with Gasteiger partial charge < -0.3 is 10.1 Å². The van der Waals surface area contributed by atoms with Crippen LogP contribution in [-0.4, -0.2) is 12.5 Å². The number of carbonyl (C=O) groups excluding carboxylic acids is 1. The Bertz CT molecular complexity index is 672. The van der Waals surface area contributed by atoms with Crippen LogP contribution in [0.15, 0.2) is 48.5 Å². The SMILES string of the molecule is O=C(COc1cccc(C(F)(F)F)c1)NCc1ccc(Cl)cc1. The van der Waals surface area contributed by atoms with Gasteiger partial charge in [-0.2, -0.15) is 13.2 Å². The van der Waals surface area contributed by atoms with E-state index in [-0.39, 0.29) is 18.9 Å². The number of benzene rings is 2. The van der Waals surface area contributed by atoms with Crippen molar-refractivity contribution in [3.05, 3.63) is 64.7 Å². The fourth-order valence-electron chi connectivity index (χ4n) is 1.77. The zero-order valence-electron chi connectivity index (χ0n) is 11.9. The normalized spacial score (nSPS) is 11.1. The van der Waals surface area contributed by atoms with Gasteiger partial charge in [0.15, 0.2) is 6.61 Å². The van der Waals surface area contributed by atoms with Crippen LogP contribution in [0.1, 0.15) is 11.1 Å². The summed E-state index contributed by atoms with van der Waals surface area (Å²) in [4.78, 5) is 11.7. The van der Waals surface area contributed by atoms with Crippen molar-refractivity contribution in [3.8, 4) is 5.75 Å². The van der Waals surface area contributed by atoms with Crippen molar-refractivity contribution < 1.29 is 22.7 Å². The van der Waals surface area contributed by atoms with Gasteiger partial charge in [0.2, 0.25) is 0 Å². The first-order chi connectivity index (χ1) is 10.8. The Morgan fingerprint density at radius 3 is 2.48 bits per heavy atom. The third-order valence-corrected chi connectivity index (χ3v) is 3.19. The molecule has 0 bridgehead atoms. The van der Waals surface area contributed by atoms with Crippen molar-refractivity contribution >= 4 is 17.5 Å². The van der Waals surface area contributed by atoms with Crippen LogP contribution in [0.4, 0.5) is 13.2 Å². The molecule has 3 nitrogen and oxygen atoms in total. The minimum atomic E-state index is -4.45. The number of amides is 1. The molecule has 0 aliphatic rings. The van der Waals surface area contributed by atoms with E-state index in [1.54, 1.807) is 24.3 Å². The van der Waals surface area contributed by atoms with Gasteiger partial charge in [0.1, 0.15) is 5.75 Å². The summed E-state index contributed by atoms with van der Waals surface area (Å²) in [6.45, 7) is -0.0865. The van der Waals surface area contributed by atoms with E-state index in [0.29, 0.717) is 5.02 Å². The van der Waals surface area contributed by atoms with Gasteiger partial charge in [0.05, 0.1) is 5.56 Å². The number of hydrogen-bond donors (Lipinski definition) is 1. The summed E-state index contributed by atoms with van der Waals surface area (Å²) < 4.78 is 42.8. The van der Waals surface area contributed by atoms with Crippen molar-refractivity contribution in [3.63, 3.8) is 0 Å². The van der Waals surface area contributed by atoms with Gasteiger partial charge in [0.25, 0.3) is 5.91 Å². The van der Waals surface area contributed by atoms with Crippen LogP contribution >= 0.6 is 11.6 Å². The topological polar surface area (TPSA) is 38.3 Å². The van der Waals surface area contributed by atoms with Crippen molar-refractivity contribution in [2.45, 2.75) is 12.7 Å². The number of alkyl halides is 3. The lowest BCUT2D eigenvalue weighted by Gasteiger charge is -2.10. The van der Waals surface area contributed by atoms with Gasteiger partial charge in [-0.25, -0.2) is 0 Å². The van der Waals surface area contributed by atoms with Gasteiger partial charge in [-0.3, -0.25) is 4.79 Å². The smallest absolute Gasteiger partial charge is 0.416 e. The number of ether oxygens (including phenoxy) is 1. The molecule has 0 heterocycles. The number of rotatable bonds is 5. The second-order valence-electron chi connectivity index (χ2n) is 4.72. The number of halogens is 4. The highest BCUT2D eigenvalue weighted by Gasteiger charge is 2.30. The maximum Gasteiger partial charge on any atom is 0.416 e. The van der Waals surface area contributed by atoms with E-state index < -0.39 is 17.6 Å². The maximum absolute atomic E-state index is 12.6. The number of hydrogen-bond acceptors (Lipinski definition) is 2. The molecule has 2 rings (SSSR count). The molecular formula is C16H13ClF3NO2. The molecule has 0 atom stereocenters. The van der Waals surface area contributed by atoms with Crippen LogP contribution in [0.5, 0.6) is 5.75 Å². The highest BCUT2D eigenvalue weighted by atomic mass is 35.5. The van der Waals surface area contributed by atoms with Crippen LogP contribution in [-0.2, 0) is 17.5 Å². The summed E-state index contributed by atoms with van der Waals surface area (Å²) in [5, 5.41) is 3.19. The molecule has 0 saturated heterocycles. The third-order valence-electron chi connectivity index (χ3n) is 2.93. The summed E-state index contributed by atoms with van der Waals surface area (Å²) in [7, 11) is 0. The molecule has 7 heteroatoms. The standard InChI is InChI=1S/C16H13ClF3NO2/c17-13-6-4-11(5-7-13)9-21-15(22)10-23-14-3-1-2-12(8-14)16(18,19)20/h1-8H,9-10H2,(H,21,22). The van der Waals surface area contributed by atoms with Crippen molar-refractivity contribution in [2.24, 2.45) is 0 Å². The largest absolute Gasteiger partial charge is 0.484 e. The first kappa shape index (κ1) is 17.1. The van der Waals surface area contributed by atoms with Crippen LogP contribution < -0.4 is 10.1 Å². The van der Waals surface area contributed by atoms with Crippen LogP contribution in [0, 0.1) is 0 Å². The van der Waals surface area contributed by atoms with Gasteiger partial charge in [-0.15, -0.1) is 0 Å². The quantitative estimate of drug-likeness (QED) is 0.889. The Balaban J connectivity index is 1.83. The van der Waals surface area contributed by atoms with Crippen molar-refractivity contribution in [1.29, 1.82) is 0 Å². The predicted octanol–water partition coefficient (Wildman–Crippen LogP) is 4.05. The molecule has 2 aromatic rings. The highest BCUT2D eigenvalue weighted by molar-refractivity contribution is 6.30. The molecule has 1 amide bonds. The average Bonchev–Trinajstić information content (AvgIpc) is 2.52. The molecular weight excluding hydrogens is 331 g/mol. The van der Waals surface area contributed by atoms with Crippen LogP contribution in [0.3, 0.4) is 0 Å². The molecule has 1 N–H and O–H groups in total. The third kappa shape index (κ3) is 5.49. The molecule has 2 aromatic carbocycles. The lowest BCUT2D eigenvalue weighted by atomic mass is 10.2. The Labute approximate surface area is 136 Å². The monoisotopic (exact) mass is 343 g/mol. The summed E-state index contributed by atoms with van der Waals surface area (Å²) >= 11 is 5.75. The fourth-order valence-corrected chi connectivity index (χ4v) is 1.89. The molecule has 0 aromatic heterocycles. The van der Waals surface area contributed by atoms with E-state index in [2.05, 4.69) is 5.32 Å². The zero-order chi connectivity index (χ0) is 16.9. The molecule has 0 unspecified atom stereocenters. The van der Waals surface area contributed by atoms with Gasteiger partial charge in [0, 0.05) is 11.6 Å². The Kier molecular flexibility index (Phi) is 5.50. The van der Waals surface area contributed by atoms with E-state index >= 15 is 0 Å². The molecule has 0 saturated carbocycles. The summed E-state index contributed by atoms with van der Waals surface area (Å²) in [6, 6.07) is 11.3. The van der Waals surface area contributed by atoms with Crippen LogP contribution in [0.25, 0.3) is 0 Å². The van der Waals surface area contributed by atoms with E-state index in [4.69, 9.17) is 16.3 Å². The predicted molar refractivity (Wildman–Crippen MR) is 80.2 cm³/mol. The summed E-state index contributed by atoms with van der Waals surface area (Å²) in [5.41, 5.74) is 0.0263. The van der Waals surface area contributed by atoms with Gasteiger partial charge in [-0.1, -0.05) is 29.8 Å².